The maximum atomic E-state index is 10.8. The van der Waals surface area contributed by atoms with E-state index in [1.807, 2.05) is 0 Å². The Labute approximate surface area is 109 Å². The molecule has 0 spiro atoms. The van der Waals surface area contributed by atoms with E-state index in [4.69, 9.17) is 5.11 Å². The van der Waals surface area contributed by atoms with Crippen molar-refractivity contribution in [3.8, 4) is 5.75 Å². The predicted molar refractivity (Wildman–Crippen MR) is 72.4 cm³/mol. The average molecular weight is 257 g/mol. The zero-order valence-corrected chi connectivity index (χ0v) is 9.85. The first-order chi connectivity index (χ1) is 9.16. The third-order valence-electron chi connectivity index (χ3n) is 2.39. The molecule has 2 aromatic carbocycles. The Morgan fingerprint density at radius 2 is 1.84 bits per heavy atom. The van der Waals surface area contributed by atoms with Crippen LogP contribution in [0.1, 0.15) is 5.56 Å². The Hall–Kier alpha value is -2.89. The highest BCUT2D eigenvalue weighted by Gasteiger charge is 2.10. The molecule has 0 bridgehead atoms. The second kappa shape index (κ2) is 5.63. The minimum absolute atomic E-state index is 0.0367. The van der Waals surface area contributed by atoms with Crippen LogP contribution >= 0.6 is 0 Å². The number of hydrogen-bond acceptors (Lipinski definition) is 5. The molecule has 19 heavy (non-hydrogen) atoms. The van der Waals surface area contributed by atoms with Crippen molar-refractivity contribution in [2.45, 2.75) is 0 Å². The second-order valence-corrected chi connectivity index (χ2v) is 3.74. The number of phenols is 1. The van der Waals surface area contributed by atoms with Crippen LogP contribution in [-0.2, 0) is 0 Å². The summed E-state index contributed by atoms with van der Waals surface area (Å²) >= 11 is 0. The fourth-order valence-corrected chi connectivity index (χ4v) is 1.46. The summed E-state index contributed by atoms with van der Waals surface area (Å²) in [6, 6.07) is 12.7. The van der Waals surface area contributed by atoms with Gasteiger partial charge in [-0.1, -0.05) is 12.1 Å². The molecule has 0 fully saturated rings. The molecule has 96 valence electrons. The maximum Gasteiger partial charge on any atom is 0.294 e. The molecule has 2 rings (SSSR count). The van der Waals surface area contributed by atoms with E-state index in [1.54, 1.807) is 30.3 Å². The number of nitrogens with one attached hydrogen (secondary N) is 1. The van der Waals surface area contributed by atoms with Gasteiger partial charge in [0.1, 0.15) is 11.4 Å². The van der Waals surface area contributed by atoms with Gasteiger partial charge in [0.15, 0.2) is 0 Å². The predicted octanol–water partition coefficient (Wildman–Crippen LogP) is 2.75. The minimum atomic E-state index is -0.474. The van der Waals surface area contributed by atoms with Crippen molar-refractivity contribution in [1.82, 2.24) is 0 Å². The number of aromatic hydroxyl groups is 1. The van der Waals surface area contributed by atoms with Gasteiger partial charge in [-0.2, -0.15) is 5.10 Å². The summed E-state index contributed by atoms with van der Waals surface area (Å²) in [5.41, 5.74) is 3.68. The van der Waals surface area contributed by atoms with Crippen LogP contribution < -0.4 is 5.43 Å². The van der Waals surface area contributed by atoms with E-state index in [0.717, 1.165) is 5.56 Å². The van der Waals surface area contributed by atoms with Crippen LogP contribution in [0.15, 0.2) is 53.6 Å². The number of nitro benzene ring substituents is 1. The SMILES string of the molecule is O=[N+]([O-])c1ccccc1N/N=C\c1ccc(O)cc1. The first-order valence-corrected chi connectivity index (χ1v) is 5.48. The Kier molecular flexibility index (Phi) is 3.72. The number of nitrogens with zero attached hydrogens (tertiary/aromatic N) is 2. The zero-order chi connectivity index (χ0) is 13.7. The molecule has 0 radical (unpaired) electrons. The van der Waals surface area contributed by atoms with E-state index >= 15 is 0 Å². The summed E-state index contributed by atoms with van der Waals surface area (Å²) in [6.45, 7) is 0. The van der Waals surface area contributed by atoms with Gasteiger partial charge >= 0.3 is 0 Å². The van der Waals surface area contributed by atoms with E-state index < -0.39 is 4.92 Å². The van der Waals surface area contributed by atoms with Crippen molar-refractivity contribution in [2.75, 3.05) is 5.43 Å². The Morgan fingerprint density at radius 1 is 1.16 bits per heavy atom. The lowest BCUT2D eigenvalue weighted by Gasteiger charge is -2.01. The summed E-state index contributed by atoms with van der Waals surface area (Å²) in [4.78, 5) is 10.3. The molecule has 0 amide bonds. The number of phenolic OH excluding ortho intramolecular Hbond substituents is 1. The van der Waals surface area contributed by atoms with Gasteiger partial charge in [-0.3, -0.25) is 15.5 Å². The van der Waals surface area contributed by atoms with Crippen molar-refractivity contribution >= 4 is 17.6 Å². The topological polar surface area (TPSA) is 87.8 Å². The van der Waals surface area contributed by atoms with Gasteiger partial charge in [-0.05, 0) is 35.9 Å². The van der Waals surface area contributed by atoms with Crippen molar-refractivity contribution in [1.29, 1.82) is 0 Å². The molecule has 0 heterocycles. The van der Waals surface area contributed by atoms with Crippen LogP contribution in [-0.4, -0.2) is 16.2 Å². The molecule has 0 unspecified atom stereocenters. The molecule has 2 aromatic rings. The van der Waals surface area contributed by atoms with Crippen LogP contribution in [0.4, 0.5) is 11.4 Å². The monoisotopic (exact) mass is 257 g/mol. The Morgan fingerprint density at radius 3 is 2.53 bits per heavy atom. The molecule has 6 nitrogen and oxygen atoms in total. The van der Waals surface area contributed by atoms with Gasteiger partial charge in [0, 0.05) is 6.07 Å². The van der Waals surface area contributed by atoms with Crippen LogP contribution in [0.3, 0.4) is 0 Å². The zero-order valence-electron chi connectivity index (χ0n) is 9.85. The van der Waals surface area contributed by atoms with Crippen molar-refractivity contribution in [3.63, 3.8) is 0 Å². The largest absolute Gasteiger partial charge is 0.508 e. The lowest BCUT2D eigenvalue weighted by molar-refractivity contribution is -0.384. The average Bonchev–Trinajstić information content (AvgIpc) is 2.41. The lowest BCUT2D eigenvalue weighted by atomic mass is 10.2. The molecule has 0 aliphatic heterocycles. The Balaban J connectivity index is 2.10. The molecule has 2 N–H and O–H groups in total. The standard InChI is InChI=1S/C13H11N3O3/c17-11-7-5-10(6-8-11)9-14-15-12-3-1-2-4-13(12)16(18)19/h1-9,15,17H/b14-9-. The first kappa shape index (κ1) is 12.6. The maximum absolute atomic E-state index is 10.8. The molecular formula is C13H11N3O3. The van der Waals surface area contributed by atoms with E-state index in [-0.39, 0.29) is 11.4 Å². The molecule has 6 heteroatoms. The summed E-state index contributed by atoms with van der Waals surface area (Å²) in [5.74, 6) is 0.170. The number of benzene rings is 2. The van der Waals surface area contributed by atoms with Gasteiger partial charge < -0.3 is 5.11 Å². The van der Waals surface area contributed by atoms with E-state index in [1.165, 1.54) is 24.4 Å². The van der Waals surface area contributed by atoms with Gasteiger partial charge in [0.05, 0.1) is 11.1 Å². The smallest absolute Gasteiger partial charge is 0.294 e. The third kappa shape index (κ3) is 3.29. The summed E-state index contributed by atoms with van der Waals surface area (Å²) in [5, 5.41) is 23.8. The quantitative estimate of drug-likeness (QED) is 0.500. The van der Waals surface area contributed by atoms with Crippen molar-refractivity contribution in [2.24, 2.45) is 5.10 Å². The molecule has 0 aliphatic rings. The highest BCUT2D eigenvalue weighted by Crippen LogP contribution is 2.22. The summed E-state index contributed by atoms with van der Waals surface area (Å²) in [7, 11) is 0. The van der Waals surface area contributed by atoms with Crippen LogP contribution in [0.2, 0.25) is 0 Å². The number of hydrazone groups is 1. The van der Waals surface area contributed by atoms with E-state index in [9.17, 15) is 10.1 Å². The minimum Gasteiger partial charge on any atom is -0.508 e. The fraction of sp³-hybridized carbons (Fsp3) is 0. The van der Waals surface area contributed by atoms with Crippen LogP contribution in [0.5, 0.6) is 5.75 Å². The molecule has 0 atom stereocenters. The molecule has 0 aliphatic carbocycles. The van der Waals surface area contributed by atoms with E-state index in [2.05, 4.69) is 10.5 Å². The first-order valence-electron chi connectivity index (χ1n) is 5.48. The van der Waals surface area contributed by atoms with Crippen LogP contribution in [0.25, 0.3) is 0 Å². The number of anilines is 1. The molecule has 0 aromatic heterocycles. The number of hydrogen-bond donors (Lipinski definition) is 2. The molecule has 0 saturated carbocycles. The highest BCUT2D eigenvalue weighted by molar-refractivity contribution is 5.80. The van der Waals surface area contributed by atoms with Crippen molar-refractivity contribution in [3.05, 3.63) is 64.2 Å². The molecule has 0 saturated heterocycles. The number of nitro groups is 1. The normalized spacial score (nSPS) is 10.5. The summed E-state index contributed by atoms with van der Waals surface area (Å²) in [6.07, 6.45) is 1.51. The summed E-state index contributed by atoms with van der Waals surface area (Å²) < 4.78 is 0. The van der Waals surface area contributed by atoms with Crippen molar-refractivity contribution < 1.29 is 10.0 Å². The third-order valence-corrected chi connectivity index (χ3v) is 2.39. The number of para-hydroxylation sites is 2. The molecular weight excluding hydrogens is 246 g/mol. The number of rotatable bonds is 4. The van der Waals surface area contributed by atoms with Gasteiger partial charge in [0.2, 0.25) is 0 Å². The van der Waals surface area contributed by atoms with Crippen LogP contribution in [0, 0.1) is 10.1 Å². The van der Waals surface area contributed by atoms with Gasteiger partial charge in [-0.25, -0.2) is 0 Å². The Bertz CT molecular complexity index is 609. The van der Waals surface area contributed by atoms with Gasteiger partial charge in [-0.15, -0.1) is 0 Å². The van der Waals surface area contributed by atoms with E-state index in [0.29, 0.717) is 5.69 Å². The van der Waals surface area contributed by atoms with Gasteiger partial charge in [0.25, 0.3) is 5.69 Å². The second-order valence-electron chi connectivity index (χ2n) is 3.74. The fourth-order valence-electron chi connectivity index (χ4n) is 1.46. The highest BCUT2D eigenvalue weighted by atomic mass is 16.6. The lowest BCUT2D eigenvalue weighted by Crippen LogP contribution is -1.96.